The maximum Gasteiger partial charge on any atom is 0.226 e. The summed E-state index contributed by atoms with van der Waals surface area (Å²) in [5.74, 6) is 1.17. The first kappa shape index (κ1) is 16.9. The molecule has 1 saturated heterocycles. The number of likely N-dealkylation sites (tertiary alicyclic amines) is 1. The van der Waals surface area contributed by atoms with E-state index < -0.39 is 0 Å². The molecule has 5 fully saturated rings. The molecule has 4 bridgehead atoms. The average molecular weight is 333 g/mol. The van der Waals surface area contributed by atoms with Crippen LogP contribution in [0, 0.1) is 22.2 Å². The number of carbonyl (C=O) groups excluding carboxylic acids is 1. The molecule has 3 atom stereocenters. The molecule has 1 amide bonds. The van der Waals surface area contributed by atoms with E-state index in [1.54, 1.807) is 0 Å². The molecule has 4 saturated carbocycles. The monoisotopic (exact) mass is 332 g/mol. The maximum absolute atomic E-state index is 13.3. The third-order valence-corrected chi connectivity index (χ3v) is 7.47. The second-order valence-electron chi connectivity index (χ2n) is 10.6. The SMILES string of the molecule is CC(CN1CCCCC1)NC(=O)C12CC3CC(C)(CC(C)(C3)C1)C2. The van der Waals surface area contributed by atoms with Crippen LogP contribution in [0.4, 0.5) is 0 Å². The van der Waals surface area contributed by atoms with Crippen molar-refractivity contribution < 1.29 is 4.79 Å². The molecule has 1 heterocycles. The molecule has 1 N–H and O–H groups in total. The Bertz CT molecular complexity index is 492. The first-order valence-electron chi connectivity index (χ1n) is 10.3. The standard InChI is InChI=1S/C21H36N2O/c1-16(12-23-7-5-4-6-8-23)22-18(24)21-11-17-9-19(2,14-21)13-20(3,10-17)15-21/h16-17H,4-15H2,1-3H3,(H,22,24). The quantitative estimate of drug-likeness (QED) is 0.845. The van der Waals surface area contributed by atoms with Crippen LogP contribution in [0.15, 0.2) is 0 Å². The van der Waals surface area contributed by atoms with Gasteiger partial charge in [0.2, 0.25) is 5.91 Å². The van der Waals surface area contributed by atoms with E-state index in [1.807, 2.05) is 0 Å². The zero-order valence-corrected chi connectivity index (χ0v) is 16.0. The van der Waals surface area contributed by atoms with Crippen LogP contribution in [-0.4, -0.2) is 36.5 Å². The summed E-state index contributed by atoms with van der Waals surface area (Å²) in [4.78, 5) is 15.8. The first-order valence-corrected chi connectivity index (χ1v) is 10.3. The largest absolute Gasteiger partial charge is 0.352 e. The van der Waals surface area contributed by atoms with Crippen molar-refractivity contribution in [1.82, 2.24) is 10.2 Å². The number of piperidine rings is 1. The van der Waals surface area contributed by atoms with E-state index in [4.69, 9.17) is 0 Å². The second kappa shape index (κ2) is 5.72. The summed E-state index contributed by atoms with van der Waals surface area (Å²) in [6, 6.07) is 0.282. The van der Waals surface area contributed by atoms with Crippen LogP contribution >= 0.6 is 0 Å². The zero-order chi connectivity index (χ0) is 17.0. The van der Waals surface area contributed by atoms with E-state index in [0.717, 1.165) is 31.7 Å². The predicted molar refractivity (Wildman–Crippen MR) is 97.7 cm³/mol. The molecular weight excluding hydrogens is 296 g/mol. The van der Waals surface area contributed by atoms with E-state index in [2.05, 4.69) is 31.0 Å². The molecule has 3 nitrogen and oxygen atoms in total. The van der Waals surface area contributed by atoms with Gasteiger partial charge >= 0.3 is 0 Å². The number of nitrogens with one attached hydrogen (secondary N) is 1. The normalized spacial score (nSPS) is 46.0. The summed E-state index contributed by atoms with van der Waals surface area (Å²) in [7, 11) is 0. The van der Waals surface area contributed by atoms with Crippen molar-refractivity contribution in [3.05, 3.63) is 0 Å². The lowest BCUT2D eigenvalue weighted by Crippen LogP contribution is -2.61. The molecule has 5 rings (SSSR count). The minimum atomic E-state index is -0.0565. The summed E-state index contributed by atoms with van der Waals surface area (Å²) in [6.45, 7) is 10.6. The fraction of sp³-hybridized carbons (Fsp3) is 0.952. The van der Waals surface area contributed by atoms with E-state index in [0.29, 0.717) is 16.7 Å². The van der Waals surface area contributed by atoms with Gasteiger partial charge in [0.05, 0.1) is 5.41 Å². The molecule has 0 aromatic rings. The smallest absolute Gasteiger partial charge is 0.226 e. The number of hydrogen-bond donors (Lipinski definition) is 1. The average Bonchev–Trinajstić information content (AvgIpc) is 2.44. The van der Waals surface area contributed by atoms with Crippen LogP contribution in [0.3, 0.4) is 0 Å². The van der Waals surface area contributed by atoms with Crippen LogP contribution < -0.4 is 5.32 Å². The molecule has 0 aromatic carbocycles. The summed E-state index contributed by atoms with van der Waals surface area (Å²) in [5.41, 5.74) is 0.780. The van der Waals surface area contributed by atoms with Crippen LogP contribution in [0.25, 0.3) is 0 Å². The second-order valence-corrected chi connectivity index (χ2v) is 10.6. The summed E-state index contributed by atoms with van der Waals surface area (Å²) >= 11 is 0. The highest BCUT2D eigenvalue weighted by Crippen LogP contribution is 2.69. The van der Waals surface area contributed by atoms with Gasteiger partial charge in [-0.2, -0.15) is 0 Å². The van der Waals surface area contributed by atoms with Gasteiger partial charge in [-0.3, -0.25) is 4.79 Å². The van der Waals surface area contributed by atoms with Crippen molar-refractivity contribution >= 4 is 5.91 Å². The molecule has 24 heavy (non-hydrogen) atoms. The zero-order valence-electron chi connectivity index (χ0n) is 16.0. The van der Waals surface area contributed by atoms with Crippen LogP contribution in [0.5, 0.6) is 0 Å². The highest BCUT2D eigenvalue weighted by molar-refractivity contribution is 5.83. The van der Waals surface area contributed by atoms with Gasteiger partial charge in [0.15, 0.2) is 0 Å². The Morgan fingerprint density at radius 3 is 2.25 bits per heavy atom. The van der Waals surface area contributed by atoms with Crippen molar-refractivity contribution in [3.8, 4) is 0 Å². The molecule has 3 unspecified atom stereocenters. The van der Waals surface area contributed by atoms with E-state index >= 15 is 0 Å². The number of hydrogen-bond acceptors (Lipinski definition) is 2. The molecule has 0 spiro atoms. The summed E-state index contributed by atoms with van der Waals surface area (Å²) in [6.07, 6.45) is 11.5. The van der Waals surface area contributed by atoms with Gasteiger partial charge in [-0.15, -0.1) is 0 Å². The topological polar surface area (TPSA) is 32.3 Å². The highest BCUT2D eigenvalue weighted by atomic mass is 16.2. The lowest BCUT2D eigenvalue weighted by Gasteiger charge is -2.64. The molecule has 0 radical (unpaired) electrons. The predicted octanol–water partition coefficient (Wildman–Crippen LogP) is 3.97. The maximum atomic E-state index is 13.3. The lowest BCUT2D eigenvalue weighted by molar-refractivity contribution is -0.170. The third kappa shape index (κ3) is 3.02. The number of amides is 1. The molecule has 0 aromatic heterocycles. The van der Waals surface area contributed by atoms with Crippen molar-refractivity contribution in [2.24, 2.45) is 22.2 Å². The van der Waals surface area contributed by atoms with Crippen LogP contribution in [0.2, 0.25) is 0 Å². The van der Waals surface area contributed by atoms with E-state index in [9.17, 15) is 4.79 Å². The molecule has 1 aliphatic heterocycles. The molecule has 5 aliphatic rings. The molecule has 4 aliphatic carbocycles. The Balaban J connectivity index is 1.42. The van der Waals surface area contributed by atoms with E-state index in [1.165, 1.54) is 51.6 Å². The van der Waals surface area contributed by atoms with Gasteiger partial charge < -0.3 is 10.2 Å². The highest BCUT2D eigenvalue weighted by Gasteiger charge is 2.62. The summed E-state index contributed by atoms with van der Waals surface area (Å²) < 4.78 is 0. The third-order valence-electron chi connectivity index (χ3n) is 7.47. The molecular formula is C21H36N2O. The van der Waals surface area contributed by atoms with Crippen molar-refractivity contribution in [2.45, 2.75) is 84.6 Å². The number of nitrogens with zero attached hydrogens (tertiary/aromatic N) is 1. The van der Waals surface area contributed by atoms with Gasteiger partial charge in [-0.25, -0.2) is 0 Å². The Labute approximate surface area is 147 Å². The van der Waals surface area contributed by atoms with Crippen LogP contribution in [0.1, 0.15) is 78.6 Å². The number of rotatable bonds is 4. The Morgan fingerprint density at radius 2 is 1.67 bits per heavy atom. The van der Waals surface area contributed by atoms with Gasteiger partial charge in [0.25, 0.3) is 0 Å². The number of carbonyl (C=O) groups is 1. The lowest BCUT2D eigenvalue weighted by atomic mass is 9.40. The van der Waals surface area contributed by atoms with Crippen molar-refractivity contribution in [2.75, 3.05) is 19.6 Å². The van der Waals surface area contributed by atoms with Gasteiger partial charge in [0.1, 0.15) is 0 Å². The minimum Gasteiger partial charge on any atom is -0.352 e. The van der Waals surface area contributed by atoms with Crippen molar-refractivity contribution in [3.63, 3.8) is 0 Å². The fourth-order valence-corrected chi connectivity index (χ4v) is 7.65. The summed E-state index contributed by atoms with van der Waals surface area (Å²) in [5, 5.41) is 3.44. The first-order chi connectivity index (χ1) is 11.3. The van der Waals surface area contributed by atoms with Crippen LogP contribution in [-0.2, 0) is 4.79 Å². The van der Waals surface area contributed by atoms with E-state index in [-0.39, 0.29) is 11.5 Å². The Morgan fingerprint density at radius 1 is 1.04 bits per heavy atom. The fourth-order valence-electron chi connectivity index (χ4n) is 7.65. The minimum absolute atomic E-state index is 0.0565. The van der Waals surface area contributed by atoms with Gasteiger partial charge in [-0.1, -0.05) is 20.3 Å². The van der Waals surface area contributed by atoms with Crippen molar-refractivity contribution in [1.29, 1.82) is 0 Å². The molecule has 136 valence electrons. The Kier molecular flexibility index (Phi) is 4.02. The Hall–Kier alpha value is -0.570. The van der Waals surface area contributed by atoms with Gasteiger partial charge in [-0.05, 0) is 88.1 Å². The van der Waals surface area contributed by atoms with Gasteiger partial charge in [0, 0.05) is 12.6 Å². The molecule has 3 heteroatoms.